The van der Waals surface area contributed by atoms with Crippen LogP contribution in [0.1, 0.15) is 16.1 Å². The first kappa shape index (κ1) is 23.7. The number of carbonyl (C=O) groups is 1. The molecule has 0 radical (unpaired) electrons. The van der Waals surface area contributed by atoms with Crippen LogP contribution in [0, 0.1) is 16.3 Å². The lowest BCUT2D eigenvalue weighted by atomic mass is 10.2. The number of pyridine rings is 2. The standard InChI is InChI=1S/C18H15N3O.HN3.N2.H3N/c22-18(17-8-4-5-11-19-17)20-16-9-12-21(13-10-16)14-15-6-2-1-3-7-15;1-3-2;1-2;/h1-13H,14H2;1H;;1H3. The Balaban J connectivity index is 0.00000111. The van der Waals surface area contributed by atoms with Crippen LogP contribution in [0.25, 0.3) is 10.4 Å². The highest BCUT2D eigenvalue weighted by Gasteiger charge is 2.02. The summed E-state index contributed by atoms with van der Waals surface area (Å²) in [6, 6.07) is 19.0. The topological polar surface area (TPSA) is 190 Å². The van der Waals surface area contributed by atoms with E-state index in [4.69, 9.17) is 21.8 Å². The summed E-state index contributed by atoms with van der Waals surface area (Å²) in [6.45, 7) is 0.787. The van der Waals surface area contributed by atoms with Gasteiger partial charge in [-0.2, -0.15) is 0 Å². The second-order valence-corrected chi connectivity index (χ2v) is 4.95. The second kappa shape index (κ2) is 13.9. The van der Waals surface area contributed by atoms with Crippen molar-refractivity contribution in [3.05, 3.63) is 106 Å². The van der Waals surface area contributed by atoms with Crippen LogP contribution >= 0.6 is 0 Å². The molecule has 0 atom stereocenters. The third-order valence-electron chi connectivity index (χ3n) is 3.20. The van der Waals surface area contributed by atoms with E-state index < -0.39 is 0 Å². The monoisotopic (exact) mass is 377 g/mol. The number of nitrogens with one attached hydrogen (secondary N) is 1. The third-order valence-corrected chi connectivity index (χ3v) is 3.20. The largest absolute Gasteiger partial charge is 0.350 e. The lowest BCUT2D eigenvalue weighted by molar-refractivity contribution is 0.0993. The highest BCUT2D eigenvalue weighted by Crippen LogP contribution is 2.01. The van der Waals surface area contributed by atoms with Crippen molar-refractivity contribution in [1.82, 2.24) is 15.7 Å². The van der Waals surface area contributed by atoms with Crippen LogP contribution < -0.4 is 11.5 Å². The van der Waals surface area contributed by atoms with Crippen LogP contribution in [-0.2, 0) is 6.54 Å². The van der Waals surface area contributed by atoms with Gasteiger partial charge in [0.1, 0.15) is 5.69 Å². The minimum atomic E-state index is -0.332. The van der Waals surface area contributed by atoms with Crippen molar-refractivity contribution in [1.29, 1.82) is 16.3 Å². The summed E-state index contributed by atoms with van der Waals surface area (Å²) in [7, 11) is 0. The number of amides is 1. The predicted octanol–water partition coefficient (Wildman–Crippen LogP) is 3.74. The molecular formula is C18H19N9O. The lowest BCUT2D eigenvalue weighted by Gasteiger charge is -2.05. The van der Waals surface area contributed by atoms with Crippen molar-refractivity contribution in [2.24, 2.45) is 4.99 Å². The Bertz CT molecular complexity index is 940. The zero-order chi connectivity index (χ0) is 19.9. The van der Waals surface area contributed by atoms with Gasteiger partial charge in [0.15, 0.2) is 0 Å². The Kier molecular flexibility index (Phi) is 11.8. The van der Waals surface area contributed by atoms with Crippen molar-refractivity contribution >= 4 is 5.91 Å². The number of hydrogen-bond donors (Lipinski definition) is 2. The van der Waals surface area contributed by atoms with Gasteiger partial charge in [-0.15, -0.1) is 5.53 Å². The summed E-state index contributed by atoms with van der Waals surface area (Å²) in [6.07, 6.45) is 5.41. The van der Waals surface area contributed by atoms with Gasteiger partial charge in [-0.05, 0) is 40.3 Å². The van der Waals surface area contributed by atoms with Gasteiger partial charge in [-0.1, -0.05) is 36.4 Å². The molecule has 142 valence electrons. The molecule has 0 saturated carbocycles. The maximum absolute atomic E-state index is 12.0. The van der Waals surface area contributed by atoms with E-state index in [0.29, 0.717) is 11.1 Å². The number of benzene rings is 1. The minimum Gasteiger partial charge on any atom is -0.350 e. The van der Waals surface area contributed by atoms with Gasteiger partial charge in [0.25, 0.3) is 5.91 Å². The van der Waals surface area contributed by atoms with Crippen molar-refractivity contribution < 1.29 is 4.79 Å². The maximum Gasteiger partial charge on any atom is 0.296 e. The molecule has 1 amide bonds. The Morgan fingerprint density at radius 2 is 1.64 bits per heavy atom. The number of hydrogen-bond acceptors (Lipinski definition) is 6. The molecule has 0 spiro atoms. The number of carbonyl (C=O) groups excluding carboxylic acids is 1. The van der Waals surface area contributed by atoms with Crippen LogP contribution in [0.3, 0.4) is 0 Å². The molecule has 0 saturated heterocycles. The molecule has 10 heteroatoms. The smallest absolute Gasteiger partial charge is 0.296 e. The van der Waals surface area contributed by atoms with E-state index in [-0.39, 0.29) is 12.1 Å². The Labute approximate surface area is 161 Å². The Morgan fingerprint density at radius 3 is 2.18 bits per heavy atom. The molecule has 3 rings (SSSR count). The average Bonchev–Trinajstić information content (AvgIpc) is 2.73. The number of rotatable bonds is 3. The quantitative estimate of drug-likeness (QED) is 0.303. The molecular weight excluding hydrogens is 358 g/mol. The molecule has 2 aromatic heterocycles. The third kappa shape index (κ3) is 8.17. The van der Waals surface area contributed by atoms with Gasteiger partial charge in [0.05, 0.1) is 5.36 Å². The zero-order valence-corrected chi connectivity index (χ0v) is 15.0. The van der Waals surface area contributed by atoms with Crippen molar-refractivity contribution in [3.63, 3.8) is 0 Å². The fourth-order valence-corrected chi connectivity index (χ4v) is 2.09. The number of nitrogens with zero attached hydrogens (tertiary/aromatic N) is 7. The second-order valence-electron chi connectivity index (χ2n) is 4.95. The van der Waals surface area contributed by atoms with E-state index in [1.807, 2.05) is 47.3 Å². The fraction of sp³-hybridized carbons (Fsp3) is 0.0556. The van der Waals surface area contributed by atoms with Crippen LogP contribution in [-0.4, -0.2) is 15.5 Å². The maximum atomic E-state index is 12.0. The first-order chi connectivity index (χ1) is 13.2. The highest BCUT2D eigenvalue weighted by molar-refractivity contribution is 5.92. The van der Waals surface area contributed by atoms with E-state index in [0.717, 1.165) is 6.54 Å². The van der Waals surface area contributed by atoms with Gasteiger partial charge in [0.2, 0.25) is 0 Å². The molecule has 10 nitrogen and oxygen atoms in total. The van der Waals surface area contributed by atoms with Crippen LogP contribution in [0.4, 0.5) is 0 Å². The predicted molar refractivity (Wildman–Crippen MR) is 102 cm³/mol. The molecule has 28 heavy (non-hydrogen) atoms. The van der Waals surface area contributed by atoms with Gasteiger partial charge in [0, 0.05) is 35.9 Å². The van der Waals surface area contributed by atoms with Crippen molar-refractivity contribution in [2.45, 2.75) is 6.54 Å². The lowest BCUT2D eigenvalue weighted by Crippen LogP contribution is -2.10. The molecule has 0 aliphatic heterocycles. The van der Waals surface area contributed by atoms with Crippen LogP contribution in [0.15, 0.2) is 84.2 Å². The fourth-order valence-electron chi connectivity index (χ4n) is 2.09. The van der Waals surface area contributed by atoms with Crippen LogP contribution in [0.5, 0.6) is 0 Å². The Hall–Kier alpha value is -4.32. The summed E-state index contributed by atoms with van der Waals surface area (Å²) < 4.78 is 2.04. The molecule has 0 fully saturated rings. The van der Waals surface area contributed by atoms with Gasteiger partial charge < -0.3 is 10.7 Å². The van der Waals surface area contributed by atoms with E-state index in [2.05, 4.69) is 22.1 Å². The summed E-state index contributed by atoms with van der Waals surface area (Å²) in [5, 5.41) is 12.6. The van der Waals surface area contributed by atoms with Gasteiger partial charge in [-0.25, -0.2) is 4.99 Å². The minimum absolute atomic E-state index is 0. The van der Waals surface area contributed by atoms with E-state index in [9.17, 15) is 4.79 Å². The first-order valence-corrected chi connectivity index (χ1v) is 7.64. The Morgan fingerprint density at radius 1 is 1.07 bits per heavy atom. The summed E-state index contributed by atoms with van der Waals surface area (Å²) >= 11 is 0. The van der Waals surface area contributed by atoms with Crippen LogP contribution in [0.2, 0.25) is 0 Å². The molecule has 0 bridgehead atoms. The molecule has 2 heterocycles. The van der Waals surface area contributed by atoms with Crippen molar-refractivity contribution in [3.8, 4) is 0 Å². The summed E-state index contributed by atoms with van der Waals surface area (Å²) in [5.74, 6) is -0.332. The highest BCUT2D eigenvalue weighted by atomic mass is 16.1. The van der Waals surface area contributed by atoms with E-state index in [1.54, 1.807) is 29.3 Å². The average molecular weight is 377 g/mol. The molecule has 0 aliphatic rings. The van der Waals surface area contributed by atoms with E-state index >= 15 is 0 Å². The molecule has 4 N–H and O–H groups in total. The summed E-state index contributed by atoms with van der Waals surface area (Å²) in [5.41, 5.74) is 13.8. The first-order valence-electron chi connectivity index (χ1n) is 7.64. The molecule has 0 unspecified atom stereocenters. The molecule has 3 aromatic rings. The van der Waals surface area contributed by atoms with E-state index in [1.165, 1.54) is 5.56 Å². The summed E-state index contributed by atoms with van der Waals surface area (Å²) in [4.78, 5) is 21.8. The van der Waals surface area contributed by atoms with Gasteiger partial charge in [-0.3, -0.25) is 9.78 Å². The SMILES string of the molecule is N.N#N.O=C(N=c1ccn(Cc2ccccc2)cc1)c1ccccn1.[N-]=[N+]=N. The zero-order valence-electron chi connectivity index (χ0n) is 15.0. The molecule has 1 aromatic carbocycles. The normalized spacial score (nSPS) is 8.36. The van der Waals surface area contributed by atoms with Crippen molar-refractivity contribution in [2.75, 3.05) is 0 Å². The van der Waals surface area contributed by atoms with Gasteiger partial charge >= 0.3 is 0 Å². The number of aromatic nitrogens is 2. The molecule has 0 aliphatic carbocycles.